The molecule has 1 heterocycles. The second-order valence-corrected chi connectivity index (χ2v) is 6.48. The molecule has 0 saturated carbocycles. The Kier molecular flexibility index (Phi) is 4.23. The predicted molar refractivity (Wildman–Crippen MR) is 76.8 cm³/mol. The van der Waals surface area contributed by atoms with E-state index in [1.165, 1.54) is 4.90 Å². The molecule has 0 bridgehead atoms. The van der Waals surface area contributed by atoms with Crippen LogP contribution in [0.25, 0.3) is 0 Å². The lowest BCUT2D eigenvalue weighted by molar-refractivity contribution is -0.0398. The van der Waals surface area contributed by atoms with Crippen LogP contribution in [0.1, 0.15) is 26.3 Å². The van der Waals surface area contributed by atoms with Crippen LogP contribution in [0.5, 0.6) is 0 Å². The number of amides is 1. The Labute approximate surface area is 123 Å². The van der Waals surface area contributed by atoms with Crippen molar-refractivity contribution in [1.82, 2.24) is 4.90 Å². The molecule has 1 aromatic carbocycles. The molecule has 1 fully saturated rings. The molecular weight excluding hydrogens is 281 g/mol. The van der Waals surface area contributed by atoms with Crippen molar-refractivity contribution in [2.75, 3.05) is 6.54 Å². The lowest BCUT2D eigenvalue weighted by Gasteiger charge is -2.44. The molecule has 1 aliphatic rings. The summed E-state index contributed by atoms with van der Waals surface area (Å²) in [5.41, 5.74) is 0.388. The highest BCUT2D eigenvalue weighted by Gasteiger charge is 2.43. The number of hydrogen-bond acceptors (Lipinski definition) is 2. The summed E-state index contributed by atoms with van der Waals surface area (Å²) in [6.07, 6.45) is -0.985. The molecule has 0 spiro atoms. The Balaban J connectivity index is 1.99. The number of carbonyl (C=O) groups is 1. The van der Waals surface area contributed by atoms with Gasteiger partial charge < -0.3 is 4.74 Å². The SMILES string of the molecule is CC(C)(C)OC(=O)N1C[C@@H](F)C1Cc1ccc(Cl)cc1. The third kappa shape index (κ3) is 3.63. The lowest BCUT2D eigenvalue weighted by Crippen LogP contribution is -2.62. The van der Waals surface area contributed by atoms with Gasteiger partial charge in [-0.25, -0.2) is 9.18 Å². The molecule has 2 rings (SSSR count). The highest BCUT2D eigenvalue weighted by molar-refractivity contribution is 6.30. The summed E-state index contributed by atoms with van der Waals surface area (Å²) in [7, 11) is 0. The maximum absolute atomic E-state index is 13.7. The molecule has 0 aromatic heterocycles. The molecule has 1 aromatic rings. The van der Waals surface area contributed by atoms with Gasteiger partial charge in [0.05, 0.1) is 12.6 Å². The average Bonchev–Trinajstić information content (AvgIpc) is 2.32. The molecule has 1 aliphatic heterocycles. The summed E-state index contributed by atoms with van der Waals surface area (Å²) in [6.45, 7) is 5.50. The minimum absolute atomic E-state index is 0.104. The first-order valence-corrected chi connectivity index (χ1v) is 7.02. The Morgan fingerprint density at radius 2 is 2.00 bits per heavy atom. The monoisotopic (exact) mass is 299 g/mol. The maximum Gasteiger partial charge on any atom is 0.410 e. The summed E-state index contributed by atoms with van der Waals surface area (Å²) in [6, 6.07) is 6.77. The number of likely N-dealkylation sites (tertiary alicyclic amines) is 1. The molecule has 2 atom stereocenters. The normalized spacial score (nSPS) is 22.4. The summed E-state index contributed by atoms with van der Waals surface area (Å²) >= 11 is 5.82. The van der Waals surface area contributed by atoms with Gasteiger partial charge in [-0.1, -0.05) is 23.7 Å². The van der Waals surface area contributed by atoms with Gasteiger partial charge in [0.15, 0.2) is 0 Å². The van der Waals surface area contributed by atoms with E-state index in [0.29, 0.717) is 11.4 Å². The van der Waals surface area contributed by atoms with E-state index < -0.39 is 23.9 Å². The lowest BCUT2D eigenvalue weighted by atomic mass is 9.94. The van der Waals surface area contributed by atoms with Crippen molar-refractivity contribution < 1.29 is 13.9 Å². The molecule has 0 radical (unpaired) electrons. The number of nitrogens with zero attached hydrogens (tertiary/aromatic N) is 1. The summed E-state index contributed by atoms with van der Waals surface area (Å²) < 4.78 is 19.0. The summed E-state index contributed by atoms with van der Waals surface area (Å²) in [4.78, 5) is 13.4. The Bertz CT molecular complexity index is 484. The van der Waals surface area contributed by atoms with Gasteiger partial charge in [0.25, 0.3) is 0 Å². The smallest absolute Gasteiger partial charge is 0.410 e. The maximum atomic E-state index is 13.7. The van der Waals surface area contributed by atoms with Gasteiger partial charge in [0.1, 0.15) is 11.8 Å². The van der Waals surface area contributed by atoms with Crippen LogP contribution in [0.2, 0.25) is 5.02 Å². The molecular formula is C15H19ClFNO2. The number of halogens is 2. The third-order valence-corrected chi connectivity index (χ3v) is 3.43. The first-order chi connectivity index (χ1) is 9.26. The Hall–Kier alpha value is -1.29. The van der Waals surface area contributed by atoms with Crippen LogP contribution < -0.4 is 0 Å². The van der Waals surface area contributed by atoms with Crippen molar-refractivity contribution in [3.63, 3.8) is 0 Å². The number of alkyl halides is 1. The number of benzene rings is 1. The molecule has 3 nitrogen and oxygen atoms in total. The van der Waals surface area contributed by atoms with Crippen molar-refractivity contribution in [1.29, 1.82) is 0 Å². The first kappa shape index (κ1) is 15.1. The van der Waals surface area contributed by atoms with Gasteiger partial charge in [-0.05, 0) is 44.9 Å². The van der Waals surface area contributed by atoms with E-state index in [2.05, 4.69) is 0 Å². The van der Waals surface area contributed by atoms with Crippen molar-refractivity contribution in [2.24, 2.45) is 0 Å². The van der Waals surface area contributed by atoms with E-state index in [1.807, 2.05) is 12.1 Å². The van der Waals surface area contributed by atoms with Crippen LogP contribution in [0.3, 0.4) is 0 Å². The van der Waals surface area contributed by atoms with Gasteiger partial charge in [0.2, 0.25) is 0 Å². The van der Waals surface area contributed by atoms with Crippen molar-refractivity contribution in [2.45, 2.75) is 45.0 Å². The molecule has 20 heavy (non-hydrogen) atoms. The van der Waals surface area contributed by atoms with E-state index in [9.17, 15) is 9.18 Å². The minimum Gasteiger partial charge on any atom is -0.444 e. The van der Waals surface area contributed by atoms with E-state index >= 15 is 0 Å². The number of carbonyl (C=O) groups excluding carboxylic acids is 1. The fraction of sp³-hybridized carbons (Fsp3) is 0.533. The van der Waals surface area contributed by atoms with E-state index in [1.54, 1.807) is 32.9 Å². The second-order valence-electron chi connectivity index (χ2n) is 6.05. The van der Waals surface area contributed by atoms with Crippen LogP contribution in [0.15, 0.2) is 24.3 Å². The van der Waals surface area contributed by atoms with Crippen LogP contribution in [-0.4, -0.2) is 35.4 Å². The molecule has 1 saturated heterocycles. The first-order valence-electron chi connectivity index (χ1n) is 6.64. The van der Waals surface area contributed by atoms with E-state index in [4.69, 9.17) is 16.3 Å². The quantitative estimate of drug-likeness (QED) is 0.830. The molecule has 0 N–H and O–H groups in total. The molecule has 1 amide bonds. The zero-order chi connectivity index (χ0) is 14.9. The second kappa shape index (κ2) is 5.60. The van der Waals surface area contributed by atoms with E-state index in [0.717, 1.165) is 5.56 Å². The van der Waals surface area contributed by atoms with Crippen molar-refractivity contribution in [3.05, 3.63) is 34.9 Å². The standard InChI is InChI=1S/C15H19ClFNO2/c1-15(2,3)20-14(19)18-9-12(17)13(18)8-10-4-6-11(16)7-5-10/h4-7,12-13H,8-9H2,1-3H3/t12-,13?/m1/s1. The number of ether oxygens (including phenoxy) is 1. The number of rotatable bonds is 2. The number of hydrogen-bond donors (Lipinski definition) is 0. The molecule has 110 valence electrons. The highest BCUT2D eigenvalue weighted by atomic mass is 35.5. The van der Waals surface area contributed by atoms with Crippen LogP contribution in [0, 0.1) is 0 Å². The van der Waals surface area contributed by atoms with Gasteiger partial charge in [0, 0.05) is 5.02 Å². The molecule has 1 unspecified atom stereocenters. The molecule has 5 heteroatoms. The van der Waals surface area contributed by atoms with Gasteiger partial charge >= 0.3 is 6.09 Å². The average molecular weight is 300 g/mol. The largest absolute Gasteiger partial charge is 0.444 e. The highest BCUT2D eigenvalue weighted by Crippen LogP contribution is 2.27. The zero-order valence-corrected chi connectivity index (χ0v) is 12.7. The van der Waals surface area contributed by atoms with Gasteiger partial charge in [-0.3, -0.25) is 4.90 Å². The van der Waals surface area contributed by atoms with Crippen molar-refractivity contribution >= 4 is 17.7 Å². The fourth-order valence-corrected chi connectivity index (χ4v) is 2.26. The zero-order valence-electron chi connectivity index (χ0n) is 11.9. The van der Waals surface area contributed by atoms with Crippen molar-refractivity contribution in [3.8, 4) is 0 Å². The Morgan fingerprint density at radius 1 is 1.40 bits per heavy atom. The van der Waals surface area contributed by atoms with Crippen LogP contribution >= 0.6 is 11.6 Å². The topological polar surface area (TPSA) is 29.5 Å². The fourth-order valence-electron chi connectivity index (χ4n) is 2.13. The Morgan fingerprint density at radius 3 is 2.50 bits per heavy atom. The van der Waals surface area contributed by atoms with Crippen LogP contribution in [0.4, 0.5) is 9.18 Å². The third-order valence-electron chi connectivity index (χ3n) is 3.18. The molecule has 0 aliphatic carbocycles. The van der Waals surface area contributed by atoms with Gasteiger partial charge in [-0.15, -0.1) is 0 Å². The minimum atomic E-state index is -1.00. The predicted octanol–water partition coefficient (Wildman–Crippen LogP) is 3.84. The summed E-state index contributed by atoms with van der Waals surface area (Å²) in [5.74, 6) is 0. The summed E-state index contributed by atoms with van der Waals surface area (Å²) in [5, 5.41) is 0.642. The van der Waals surface area contributed by atoms with E-state index in [-0.39, 0.29) is 6.54 Å². The van der Waals surface area contributed by atoms with Gasteiger partial charge in [-0.2, -0.15) is 0 Å². The van der Waals surface area contributed by atoms with Crippen LogP contribution in [-0.2, 0) is 11.2 Å².